The van der Waals surface area contributed by atoms with E-state index in [-0.39, 0.29) is 22.0 Å². The highest BCUT2D eigenvalue weighted by Gasteiger charge is 2.17. The van der Waals surface area contributed by atoms with Gasteiger partial charge in [0, 0.05) is 5.56 Å². The molecule has 0 N–H and O–H groups in total. The van der Waals surface area contributed by atoms with Crippen LogP contribution in [0, 0.1) is 11.6 Å². The van der Waals surface area contributed by atoms with E-state index in [0.717, 1.165) is 0 Å². The van der Waals surface area contributed by atoms with Crippen molar-refractivity contribution in [3.05, 3.63) is 58.5 Å². The lowest BCUT2D eigenvalue weighted by molar-refractivity contribution is 0.498. The summed E-state index contributed by atoms with van der Waals surface area (Å²) >= 11 is 8.95. The predicted octanol–water partition coefficient (Wildman–Crippen LogP) is 4.89. The molecule has 0 amide bonds. The van der Waals surface area contributed by atoms with Gasteiger partial charge in [-0.15, -0.1) is 0 Å². The summed E-state index contributed by atoms with van der Waals surface area (Å²) in [6, 6.07) is 7.05. The van der Waals surface area contributed by atoms with Crippen molar-refractivity contribution in [2.24, 2.45) is 0 Å². The predicted molar refractivity (Wildman–Crippen MR) is 65.4 cm³/mol. The van der Waals surface area contributed by atoms with Crippen molar-refractivity contribution in [3.8, 4) is 0 Å². The summed E-state index contributed by atoms with van der Waals surface area (Å²) in [6.45, 7) is 0. The van der Waals surface area contributed by atoms with Gasteiger partial charge in [0.15, 0.2) is 5.22 Å². The van der Waals surface area contributed by atoms with E-state index in [1.54, 1.807) is 12.1 Å². The number of alkyl halides is 1. The smallest absolute Gasteiger partial charge is 0.193 e. The molecule has 0 fully saturated rings. The Morgan fingerprint density at radius 2 is 1.82 bits per heavy atom. The largest absolute Gasteiger partial charge is 0.449 e. The van der Waals surface area contributed by atoms with Gasteiger partial charge in [-0.25, -0.2) is 8.78 Å². The van der Waals surface area contributed by atoms with E-state index in [1.807, 2.05) is 0 Å². The van der Waals surface area contributed by atoms with Crippen molar-refractivity contribution in [1.82, 2.24) is 0 Å². The number of rotatable bonds is 3. The molecular formula is C12H8BrClF2O. The van der Waals surface area contributed by atoms with E-state index < -0.39 is 11.6 Å². The third-order valence-electron chi connectivity index (χ3n) is 2.35. The minimum atomic E-state index is -0.563. The van der Waals surface area contributed by atoms with Gasteiger partial charge in [-0.2, -0.15) is 0 Å². The highest BCUT2D eigenvalue weighted by molar-refractivity contribution is 9.09. The van der Waals surface area contributed by atoms with Crippen LogP contribution in [0.4, 0.5) is 8.78 Å². The Morgan fingerprint density at radius 1 is 1.18 bits per heavy atom. The molecule has 1 nitrogen and oxygen atoms in total. The van der Waals surface area contributed by atoms with Crippen molar-refractivity contribution in [3.63, 3.8) is 0 Å². The van der Waals surface area contributed by atoms with Crippen LogP contribution < -0.4 is 0 Å². The van der Waals surface area contributed by atoms with Crippen LogP contribution in [-0.2, 0) is 6.42 Å². The maximum absolute atomic E-state index is 13.4. The topological polar surface area (TPSA) is 13.1 Å². The van der Waals surface area contributed by atoms with E-state index in [1.165, 1.54) is 18.2 Å². The van der Waals surface area contributed by atoms with E-state index >= 15 is 0 Å². The van der Waals surface area contributed by atoms with Crippen molar-refractivity contribution in [1.29, 1.82) is 0 Å². The molecule has 0 bridgehead atoms. The standard InChI is InChI=1S/C12H8BrClF2O/c13-8(11-4-5-12(14)17-11)6-7-9(15)2-1-3-10(7)16/h1-5,8H,6H2. The zero-order valence-electron chi connectivity index (χ0n) is 8.59. The summed E-state index contributed by atoms with van der Waals surface area (Å²) in [6.07, 6.45) is 0.155. The summed E-state index contributed by atoms with van der Waals surface area (Å²) in [4.78, 5) is -0.318. The summed E-state index contributed by atoms with van der Waals surface area (Å²) in [7, 11) is 0. The van der Waals surface area contributed by atoms with Crippen LogP contribution in [-0.4, -0.2) is 0 Å². The average molecular weight is 322 g/mol. The van der Waals surface area contributed by atoms with Gasteiger partial charge in [0.1, 0.15) is 17.4 Å². The second-order valence-electron chi connectivity index (χ2n) is 3.51. The first kappa shape index (κ1) is 12.6. The number of halogens is 4. The van der Waals surface area contributed by atoms with Gasteiger partial charge in [-0.3, -0.25) is 0 Å². The molecule has 0 radical (unpaired) electrons. The first-order valence-electron chi connectivity index (χ1n) is 4.90. The molecule has 17 heavy (non-hydrogen) atoms. The molecule has 0 aliphatic heterocycles. The first-order chi connectivity index (χ1) is 8.08. The van der Waals surface area contributed by atoms with Crippen molar-refractivity contribution in [2.75, 3.05) is 0 Å². The Labute approximate surface area is 111 Å². The second kappa shape index (κ2) is 5.19. The van der Waals surface area contributed by atoms with Crippen LogP contribution in [0.2, 0.25) is 5.22 Å². The quantitative estimate of drug-likeness (QED) is 0.734. The Kier molecular flexibility index (Phi) is 3.84. The molecule has 1 aromatic carbocycles. The zero-order chi connectivity index (χ0) is 12.4. The normalized spacial score (nSPS) is 12.7. The van der Waals surface area contributed by atoms with Gasteiger partial charge in [0.05, 0.1) is 4.83 Å². The maximum Gasteiger partial charge on any atom is 0.193 e. The SMILES string of the molecule is Fc1cccc(F)c1CC(Br)c1ccc(Cl)o1. The molecule has 5 heteroatoms. The van der Waals surface area contributed by atoms with Crippen molar-refractivity contribution < 1.29 is 13.2 Å². The molecule has 90 valence electrons. The van der Waals surface area contributed by atoms with E-state index in [9.17, 15) is 8.78 Å². The van der Waals surface area contributed by atoms with Crippen LogP contribution in [0.5, 0.6) is 0 Å². The lowest BCUT2D eigenvalue weighted by atomic mass is 10.1. The first-order valence-corrected chi connectivity index (χ1v) is 6.19. The Hall–Kier alpha value is -0.870. The van der Waals surface area contributed by atoms with Crippen LogP contribution in [0.1, 0.15) is 16.2 Å². The number of furan rings is 1. The zero-order valence-corrected chi connectivity index (χ0v) is 10.9. The molecule has 1 aromatic heterocycles. The summed E-state index contributed by atoms with van der Waals surface area (Å²) in [5.41, 5.74) is 0.0295. The molecule has 0 aliphatic carbocycles. The molecular weight excluding hydrogens is 313 g/mol. The fourth-order valence-corrected chi connectivity index (χ4v) is 2.23. The van der Waals surface area contributed by atoms with Gasteiger partial charge < -0.3 is 4.42 Å². The van der Waals surface area contributed by atoms with Crippen LogP contribution in [0.15, 0.2) is 34.7 Å². The van der Waals surface area contributed by atoms with E-state index in [4.69, 9.17) is 16.0 Å². The summed E-state index contributed by atoms with van der Waals surface area (Å²) in [5.74, 6) is -0.586. The minimum absolute atomic E-state index is 0.0295. The number of hydrogen-bond acceptors (Lipinski definition) is 1. The fourth-order valence-electron chi connectivity index (χ4n) is 1.50. The van der Waals surface area contributed by atoms with E-state index in [2.05, 4.69) is 15.9 Å². The molecule has 2 rings (SSSR count). The van der Waals surface area contributed by atoms with Crippen LogP contribution >= 0.6 is 27.5 Å². The molecule has 0 spiro atoms. The maximum atomic E-state index is 13.4. The summed E-state index contributed by atoms with van der Waals surface area (Å²) in [5, 5.41) is 0.249. The highest BCUT2D eigenvalue weighted by atomic mass is 79.9. The van der Waals surface area contributed by atoms with Crippen molar-refractivity contribution >= 4 is 27.5 Å². The number of benzene rings is 1. The molecule has 1 heterocycles. The lowest BCUT2D eigenvalue weighted by Crippen LogP contribution is -2.00. The highest BCUT2D eigenvalue weighted by Crippen LogP contribution is 2.31. The van der Waals surface area contributed by atoms with Gasteiger partial charge in [-0.05, 0) is 42.3 Å². The van der Waals surface area contributed by atoms with Gasteiger partial charge in [0.2, 0.25) is 0 Å². The van der Waals surface area contributed by atoms with Crippen LogP contribution in [0.3, 0.4) is 0 Å². The molecule has 1 atom stereocenters. The summed E-state index contributed by atoms with van der Waals surface area (Å²) < 4.78 is 32.0. The fraction of sp³-hybridized carbons (Fsp3) is 0.167. The van der Waals surface area contributed by atoms with Gasteiger partial charge in [0.25, 0.3) is 0 Å². The van der Waals surface area contributed by atoms with E-state index in [0.29, 0.717) is 5.76 Å². The third kappa shape index (κ3) is 2.87. The third-order valence-corrected chi connectivity index (χ3v) is 3.33. The minimum Gasteiger partial charge on any atom is -0.449 e. The molecule has 0 aliphatic rings. The second-order valence-corrected chi connectivity index (χ2v) is 4.99. The Balaban J connectivity index is 2.21. The Bertz CT molecular complexity index is 507. The average Bonchev–Trinajstić information content (AvgIpc) is 2.70. The van der Waals surface area contributed by atoms with Crippen molar-refractivity contribution in [2.45, 2.75) is 11.2 Å². The molecule has 2 aromatic rings. The molecule has 0 saturated heterocycles. The Morgan fingerprint density at radius 3 is 2.35 bits per heavy atom. The van der Waals surface area contributed by atoms with Gasteiger partial charge in [-0.1, -0.05) is 22.0 Å². The molecule has 1 unspecified atom stereocenters. The number of hydrogen-bond donors (Lipinski definition) is 0. The monoisotopic (exact) mass is 320 g/mol. The van der Waals surface area contributed by atoms with Crippen LogP contribution in [0.25, 0.3) is 0 Å². The lowest BCUT2D eigenvalue weighted by Gasteiger charge is -2.08. The molecule has 0 saturated carbocycles. The van der Waals surface area contributed by atoms with Gasteiger partial charge >= 0.3 is 0 Å².